The maximum absolute atomic E-state index is 13.1. The first-order chi connectivity index (χ1) is 15.5. The summed E-state index contributed by atoms with van der Waals surface area (Å²) in [6.45, 7) is 4.90. The smallest absolute Gasteiger partial charge is 0.276 e. The highest BCUT2D eigenvalue weighted by atomic mass is 32.1. The summed E-state index contributed by atoms with van der Waals surface area (Å²) in [5.74, 6) is 0.323. The molecule has 2 N–H and O–H groups in total. The summed E-state index contributed by atoms with van der Waals surface area (Å²) in [5, 5.41) is 24.6. The number of piperidine rings is 1. The van der Waals surface area contributed by atoms with Gasteiger partial charge in [0.1, 0.15) is 11.5 Å². The Morgan fingerprint density at radius 3 is 2.78 bits per heavy atom. The van der Waals surface area contributed by atoms with Crippen LogP contribution in [0.4, 0.5) is 5.82 Å². The summed E-state index contributed by atoms with van der Waals surface area (Å²) in [4.78, 5) is 31.7. The third-order valence-corrected chi connectivity index (χ3v) is 6.57. The Morgan fingerprint density at radius 1 is 1.22 bits per heavy atom. The van der Waals surface area contributed by atoms with Crippen LogP contribution in [0.3, 0.4) is 0 Å². The number of likely N-dealkylation sites (tertiary alicyclic amines) is 1. The Bertz CT molecular complexity index is 1290. The summed E-state index contributed by atoms with van der Waals surface area (Å²) in [7, 11) is 0. The molecular formula is C20H21N9O2S. The van der Waals surface area contributed by atoms with E-state index in [-0.39, 0.29) is 17.7 Å². The number of aromatic nitrogens is 7. The van der Waals surface area contributed by atoms with E-state index in [1.54, 1.807) is 27.1 Å². The minimum Gasteiger partial charge on any atom is -0.337 e. The number of thiazole rings is 1. The van der Waals surface area contributed by atoms with Gasteiger partial charge in [-0.2, -0.15) is 10.2 Å². The fraction of sp³-hybridized carbons (Fsp3) is 0.350. The lowest BCUT2D eigenvalue weighted by atomic mass is 9.97. The molecule has 4 aromatic rings. The van der Waals surface area contributed by atoms with Gasteiger partial charge in [-0.15, -0.1) is 21.5 Å². The number of amides is 2. The number of H-pyrrole nitrogens is 1. The molecule has 0 atom stereocenters. The molecule has 0 bridgehead atoms. The van der Waals surface area contributed by atoms with Gasteiger partial charge in [0.05, 0.1) is 22.6 Å². The van der Waals surface area contributed by atoms with Crippen LogP contribution >= 0.6 is 11.3 Å². The van der Waals surface area contributed by atoms with Crippen LogP contribution in [0.25, 0.3) is 5.65 Å². The topological polar surface area (TPSA) is 134 Å². The minimum atomic E-state index is -0.275. The molecule has 5 heterocycles. The summed E-state index contributed by atoms with van der Waals surface area (Å²) >= 11 is 1.47. The van der Waals surface area contributed by atoms with Gasteiger partial charge >= 0.3 is 0 Å². The van der Waals surface area contributed by atoms with E-state index in [0.717, 1.165) is 23.5 Å². The van der Waals surface area contributed by atoms with Crippen LogP contribution in [0.15, 0.2) is 23.7 Å². The van der Waals surface area contributed by atoms with Crippen molar-refractivity contribution in [2.24, 2.45) is 0 Å². The Labute approximate surface area is 186 Å². The molecule has 1 aliphatic rings. The third kappa shape index (κ3) is 3.73. The number of hydrogen-bond acceptors (Lipinski definition) is 8. The lowest BCUT2D eigenvalue weighted by molar-refractivity contribution is 0.0704. The Balaban J connectivity index is 1.24. The highest BCUT2D eigenvalue weighted by Crippen LogP contribution is 2.31. The van der Waals surface area contributed by atoms with Gasteiger partial charge in [-0.05, 0) is 26.7 Å². The van der Waals surface area contributed by atoms with E-state index >= 15 is 0 Å². The van der Waals surface area contributed by atoms with Crippen LogP contribution in [0.2, 0.25) is 0 Å². The molecule has 12 heteroatoms. The Hall–Kier alpha value is -3.67. The molecule has 0 saturated carbocycles. The third-order valence-electron chi connectivity index (χ3n) is 5.56. The SMILES string of the molecule is Cc1cc2nnc(C(=O)N3CCC(c4nc(C(=O)Nc5ccn[nH]5)cs4)CC3)c(C)n2n1. The van der Waals surface area contributed by atoms with Crippen molar-refractivity contribution in [3.63, 3.8) is 0 Å². The van der Waals surface area contributed by atoms with E-state index in [1.165, 1.54) is 11.3 Å². The number of aromatic amines is 1. The van der Waals surface area contributed by atoms with Crippen molar-refractivity contribution in [2.45, 2.75) is 32.6 Å². The van der Waals surface area contributed by atoms with Gasteiger partial charge in [-0.3, -0.25) is 14.7 Å². The number of nitrogens with one attached hydrogen (secondary N) is 2. The molecule has 4 aromatic heterocycles. The van der Waals surface area contributed by atoms with Gasteiger partial charge in [0.15, 0.2) is 11.3 Å². The van der Waals surface area contributed by atoms with E-state index in [4.69, 9.17) is 0 Å². The molecule has 0 aliphatic carbocycles. The maximum atomic E-state index is 13.1. The molecule has 11 nitrogen and oxygen atoms in total. The molecule has 164 valence electrons. The normalized spacial score (nSPS) is 14.8. The first-order valence-electron chi connectivity index (χ1n) is 10.2. The average molecular weight is 452 g/mol. The van der Waals surface area contributed by atoms with Crippen LogP contribution in [0.5, 0.6) is 0 Å². The van der Waals surface area contributed by atoms with Gasteiger partial charge in [0.25, 0.3) is 11.8 Å². The molecule has 0 aromatic carbocycles. The van der Waals surface area contributed by atoms with E-state index in [1.807, 2.05) is 19.9 Å². The Morgan fingerprint density at radius 2 is 2.03 bits per heavy atom. The molecule has 0 radical (unpaired) electrons. The van der Waals surface area contributed by atoms with E-state index in [2.05, 4.69) is 35.8 Å². The number of hydrogen-bond donors (Lipinski definition) is 2. The largest absolute Gasteiger partial charge is 0.337 e. The first kappa shape index (κ1) is 20.2. The van der Waals surface area contributed by atoms with Crippen molar-refractivity contribution in [3.05, 3.63) is 51.5 Å². The van der Waals surface area contributed by atoms with Crippen molar-refractivity contribution in [1.82, 2.24) is 39.9 Å². The first-order valence-corrected chi connectivity index (χ1v) is 11.1. The highest BCUT2D eigenvalue weighted by Gasteiger charge is 2.29. The lowest BCUT2D eigenvalue weighted by Gasteiger charge is -2.31. The maximum Gasteiger partial charge on any atom is 0.276 e. The van der Waals surface area contributed by atoms with E-state index in [9.17, 15) is 9.59 Å². The molecule has 1 aliphatic heterocycles. The summed E-state index contributed by atoms with van der Waals surface area (Å²) in [6.07, 6.45) is 3.12. The number of fused-ring (bicyclic) bond motifs is 1. The molecule has 2 amide bonds. The quantitative estimate of drug-likeness (QED) is 0.486. The van der Waals surface area contributed by atoms with E-state index in [0.29, 0.717) is 41.6 Å². The number of rotatable bonds is 4. The van der Waals surface area contributed by atoms with Crippen molar-refractivity contribution in [2.75, 3.05) is 18.4 Å². The molecule has 5 rings (SSSR count). The standard InChI is InChI=1S/C20H21N9O2S/c1-11-9-16-25-26-17(12(2)29(16)27-11)20(31)28-7-4-13(5-8-28)19-22-14(10-32-19)18(30)23-15-3-6-21-24-15/h3,6,9-10,13H,4-5,7-8H2,1-2H3,(H2,21,23,24,30). The van der Waals surface area contributed by atoms with Gasteiger partial charge in [-0.25, -0.2) is 9.50 Å². The predicted octanol–water partition coefficient (Wildman–Crippen LogP) is 2.19. The van der Waals surface area contributed by atoms with Gasteiger partial charge in [0, 0.05) is 36.5 Å². The zero-order chi connectivity index (χ0) is 22.2. The number of anilines is 1. The van der Waals surface area contributed by atoms with Crippen molar-refractivity contribution in [1.29, 1.82) is 0 Å². The second kappa shape index (κ2) is 8.11. The van der Waals surface area contributed by atoms with Crippen LogP contribution in [-0.4, -0.2) is 64.8 Å². The molecule has 0 spiro atoms. The number of nitrogens with zero attached hydrogens (tertiary/aromatic N) is 7. The van der Waals surface area contributed by atoms with Crippen LogP contribution in [0.1, 0.15) is 56.1 Å². The van der Waals surface area contributed by atoms with Crippen LogP contribution in [-0.2, 0) is 0 Å². The fourth-order valence-corrected chi connectivity index (χ4v) is 4.82. The van der Waals surface area contributed by atoms with Crippen LogP contribution in [0, 0.1) is 13.8 Å². The van der Waals surface area contributed by atoms with Gasteiger partial charge in [0.2, 0.25) is 0 Å². The fourth-order valence-electron chi connectivity index (χ4n) is 3.85. The van der Waals surface area contributed by atoms with Crippen LogP contribution < -0.4 is 5.32 Å². The summed E-state index contributed by atoms with van der Waals surface area (Å²) < 4.78 is 1.66. The lowest BCUT2D eigenvalue weighted by Crippen LogP contribution is -2.39. The number of carbonyl (C=O) groups excluding carboxylic acids is 2. The average Bonchev–Trinajstić information content (AvgIpc) is 3.54. The van der Waals surface area contributed by atoms with Gasteiger partial charge in [-0.1, -0.05) is 0 Å². The second-order valence-corrected chi connectivity index (χ2v) is 8.64. The second-order valence-electron chi connectivity index (χ2n) is 7.75. The molecule has 0 unspecified atom stereocenters. The zero-order valence-corrected chi connectivity index (χ0v) is 18.4. The zero-order valence-electron chi connectivity index (χ0n) is 17.6. The van der Waals surface area contributed by atoms with Crippen molar-refractivity contribution < 1.29 is 9.59 Å². The summed E-state index contributed by atoms with van der Waals surface area (Å²) in [6, 6.07) is 3.51. The minimum absolute atomic E-state index is 0.137. The summed E-state index contributed by atoms with van der Waals surface area (Å²) in [5.41, 5.74) is 2.85. The monoisotopic (exact) mass is 451 g/mol. The highest BCUT2D eigenvalue weighted by molar-refractivity contribution is 7.10. The predicted molar refractivity (Wildman–Crippen MR) is 117 cm³/mol. The molecule has 1 saturated heterocycles. The molecule has 1 fully saturated rings. The number of aryl methyl sites for hydroxylation is 2. The number of carbonyl (C=O) groups is 2. The molecule has 32 heavy (non-hydrogen) atoms. The van der Waals surface area contributed by atoms with Crippen molar-refractivity contribution >= 4 is 34.6 Å². The molecular weight excluding hydrogens is 430 g/mol. The Kier molecular flexibility index (Phi) is 5.13. The van der Waals surface area contributed by atoms with Crippen molar-refractivity contribution in [3.8, 4) is 0 Å². The van der Waals surface area contributed by atoms with Gasteiger partial charge < -0.3 is 10.2 Å². The van der Waals surface area contributed by atoms with E-state index < -0.39 is 0 Å².